The third kappa shape index (κ3) is 6.83. The summed E-state index contributed by atoms with van der Waals surface area (Å²) in [5.74, 6) is 1.09. The quantitative estimate of drug-likeness (QED) is 0.186. The van der Waals surface area contributed by atoms with E-state index in [4.69, 9.17) is 4.84 Å². The normalized spacial score (nSPS) is 11.9. The highest BCUT2D eigenvalue weighted by Gasteiger charge is 2.21. The van der Waals surface area contributed by atoms with Crippen LogP contribution in [0.3, 0.4) is 0 Å². The molecular formula is C28H34FN7O2. The molecule has 9 nitrogen and oxygen atoms in total. The fraction of sp³-hybridized carbons (Fsp3) is 0.357. The molecule has 4 aromatic rings. The van der Waals surface area contributed by atoms with E-state index in [-0.39, 0.29) is 11.2 Å². The lowest BCUT2D eigenvalue weighted by Gasteiger charge is -2.26. The van der Waals surface area contributed by atoms with Gasteiger partial charge < -0.3 is 10.6 Å². The standard InChI is InChI=1S/C28H34FN7O2/c1-27(2,3)38-36(18-37)15-14-30-26-22-16-19(6-11-24(22)33-35-26)23-12-13-25(34-32-23)31-17-28(4,5)20-7-9-21(29)10-8-20/h6-13,16,18H,14-15,17H2,1-5H3,(H,31,34)(H2,30,33,35). The second-order valence-corrected chi connectivity index (χ2v) is 10.8. The van der Waals surface area contributed by atoms with Crippen molar-refractivity contribution in [1.29, 1.82) is 0 Å². The molecule has 3 N–H and O–H groups in total. The molecule has 0 atom stereocenters. The van der Waals surface area contributed by atoms with Gasteiger partial charge in [-0.2, -0.15) is 5.10 Å². The minimum Gasteiger partial charge on any atom is -0.368 e. The van der Waals surface area contributed by atoms with E-state index in [1.54, 1.807) is 12.1 Å². The Hall–Kier alpha value is -4.05. The number of hydrogen-bond donors (Lipinski definition) is 3. The van der Waals surface area contributed by atoms with Gasteiger partial charge in [-0.15, -0.1) is 10.2 Å². The molecule has 10 heteroatoms. The Bertz CT molecular complexity index is 1360. The Balaban J connectivity index is 1.40. The SMILES string of the molecule is CC(C)(C)ON(C=O)CCNc1n[nH]c2ccc(-c3ccc(NCC(C)(C)c4ccc(F)cc4)nn3)cc12. The van der Waals surface area contributed by atoms with Crippen LogP contribution in [-0.2, 0) is 15.0 Å². The molecule has 0 fully saturated rings. The van der Waals surface area contributed by atoms with Crippen LogP contribution in [0.2, 0.25) is 0 Å². The molecule has 38 heavy (non-hydrogen) atoms. The second kappa shape index (κ2) is 11.1. The first-order valence-corrected chi connectivity index (χ1v) is 12.5. The van der Waals surface area contributed by atoms with Gasteiger partial charge in [-0.3, -0.25) is 14.7 Å². The van der Waals surface area contributed by atoms with Gasteiger partial charge in [0.05, 0.1) is 23.4 Å². The van der Waals surface area contributed by atoms with Crippen molar-refractivity contribution >= 4 is 28.9 Å². The lowest BCUT2D eigenvalue weighted by molar-refractivity contribution is -0.214. The molecule has 200 valence electrons. The summed E-state index contributed by atoms with van der Waals surface area (Å²) < 4.78 is 13.3. The first-order chi connectivity index (χ1) is 18.0. The van der Waals surface area contributed by atoms with E-state index in [0.717, 1.165) is 27.7 Å². The zero-order valence-corrected chi connectivity index (χ0v) is 22.4. The molecule has 0 aliphatic rings. The molecule has 0 spiro atoms. The lowest BCUT2D eigenvalue weighted by atomic mass is 9.84. The number of halogens is 1. The van der Waals surface area contributed by atoms with Crippen LogP contribution in [0.4, 0.5) is 16.0 Å². The number of fused-ring (bicyclic) bond motifs is 1. The molecule has 0 unspecified atom stereocenters. The monoisotopic (exact) mass is 519 g/mol. The fourth-order valence-electron chi connectivity index (χ4n) is 3.96. The van der Waals surface area contributed by atoms with Crippen molar-refractivity contribution in [2.75, 3.05) is 30.3 Å². The number of H-pyrrole nitrogens is 1. The minimum absolute atomic E-state index is 0.217. The lowest BCUT2D eigenvalue weighted by Crippen LogP contribution is -2.36. The van der Waals surface area contributed by atoms with Crippen molar-refractivity contribution in [1.82, 2.24) is 25.5 Å². The Kier molecular flexibility index (Phi) is 7.91. The molecule has 0 radical (unpaired) electrons. The summed E-state index contributed by atoms with van der Waals surface area (Å²) in [6, 6.07) is 16.3. The molecule has 4 rings (SSSR count). The average molecular weight is 520 g/mol. The van der Waals surface area contributed by atoms with Crippen molar-refractivity contribution in [2.24, 2.45) is 0 Å². The molecule has 0 saturated carbocycles. The van der Waals surface area contributed by atoms with E-state index >= 15 is 0 Å². The molecule has 0 aliphatic carbocycles. The zero-order chi connectivity index (χ0) is 27.3. The van der Waals surface area contributed by atoms with Gasteiger partial charge in [0, 0.05) is 29.5 Å². The number of nitrogens with one attached hydrogen (secondary N) is 3. The number of nitrogens with zero attached hydrogens (tertiary/aromatic N) is 4. The number of carbonyl (C=O) groups is 1. The van der Waals surface area contributed by atoms with Gasteiger partial charge in [0.2, 0.25) is 6.41 Å². The van der Waals surface area contributed by atoms with Crippen LogP contribution < -0.4 is 10.6 Å². The van der Waals surface area contributed by atoms with Crippen molar-refractivity contribution in [3.8, 4) is 11.3 Å². The largest absolute Gasteiger partial charge is 0.368 e. The van der Waals surface area contributed by atoms with Crippen LogP contribution >= 0.6 is 0 Å². The number of rotatable bonds is 11. The van der Waals surface area contributed by atoms with Gasteiger partial charge in [0.25, 0.3) is 0 Å². The van der Waals surface area contributed by atoms with E-state index in [2.05, 4.69) is 44.9 Å². The number of hydroxylamine groups is 2. The first-order valence-electron chi connectivity index (χ1n) is 12.5. The van der Waals surface area contributed by atoms with E-state index in [1.807, 2.05) is 51.1 Å². The highest BCUT2D eigenvalue weighted by atomic mass is 19.1. The van der Waals surface area contributed by atoms with Crippen molar-refractivity contribution < 1.29 is 14.0 Å². The molecule has 1 amide bonds. The second-order valence-electron chi connectivity index (χ2n) is 10.8. The van der Waals surface area contributed by atoms with Crippen LogP contribution in [0.1, 0.15) is 40.2 Å². The van der Waals surface area contributed by atoms with Gasteiger partial charge in [-0.05, 0) is 62.7 Å². The molecule has 2 aromatic heterocycles. The maximum atomic E-state index is 13.3. The zero-order valence-electron chi connectivity index (χ0n) is 22.4. The number of amides is 1. The summed E-state index contributed by atoms with van der Waals surface area (Å²) in [5.41, 5.74) is 2.87. The average Bonchev–Trinajstić information content (AvgIpc) is 3.29. The highest BCUT2D eigenvalue weighted by molar-refractivity contribution is 5.92. The van der Waals surface area contributed by atoms with Crippen LogP contribution in [0, 0.1) is 5.82 Å². The van der Waals surface area contributed by atoms with Gasteiger partial charge in [0.15, 0.2) is 5.82 Å². The van der Waals surface area contributed by atoms with Crippen molar-refractivity contribution in [3.05, 3.63) is 66.0 Å². The van der Waals surface area contributed by atoms with E-state index in [1.165, 1.54) is 17.2 Å². The summed E-state index contributed by atoms with van der Waals surface area (Å²) in [7, 11) is 0. The maximum Gasteiger partial charge on any atom is 0.233 e. The molecule has 0 bridgehead atoms. The van der Waals surface area contributed by atoms with Crippen LogP contribution in [0.25, 0.3) is 22.2 Å². The van der Waals surface area contributed by atoms with E-state index in [0.29, 0.717) is 37.7 Å². The topological polar surface area (TPSA) is 108 Å². The first kappa shape index (κ1) is 27.0. The molecule has 2 aromatic carbocycles. The molecule has 0 saturated heterocycles. The number of carbonyl (C=O) groups excluding carboxylic acids is 1. The predicted molar refractivity (Wildman–Crippen MR) is 147 cm³/mol. The number of aromatic amines is 1. The minimum atomic E-state index is -0.459. The Morgan fingerprint density at radius 1 is 1.00 bits per heavy atom. The summed E-state index contributed by atoms with van der Waals surface area (Å²) in [4.78, 5) is 16.9. The van der Waals surface area contributed by atoms with Crippen molar-refractivity contribution in [2.45, 2.75) is 45.6 Å². The Labute approximate surface area is 221 Å². The highest BCUT2D eigenvalue weighted by Crippen LogP contribution is 2.27. The predicted octanol–water partition coefficient (Wildman–Crippen LogP) is 5.15. The van der Waals surface area contributed by atoms with Gasteiger partial charge in [-0.25, -0.2) is 9.45 Å². The maximum absolute atomic E-state index is 13.3. The third-order valence-corrected chi connectivity index (χ3v) is 5.99. The summed E-state index contributed by atoms with van der Waals surface area (Å²) in [5, 5.41) is 24.9. The van der Waals surface area contributed by atoms with Gasteiger partial charge in [-0.1, -0.05) is 32.0 Å². The fourth-order valence-corrected chi connectivity index (χ4v) is 3.96. The van der Waals surface area contributed by atoms with E-state index < -0.39 is 5.60 Å². The number of aromatic nitrogens is 4. The number of benzene rings is 2. The van der Waals surface area contributed by atoms with Crippen LogP contribution in [0.5, 0.6) is 0 Å². The number of anilines is 2. The van der Waals surface area contributed by atoms with Gasteiger partial charge in [0.1, 0.15) is 11.6 Å². The van der Waals surface area contributed by atoms with Crippen LogP contribution in [-0.4, -0.2) is 57.1 Å². The van der Waals surface area contributed by atoms with Gasteiger partial charge >= 0.3 is 0 Å². The summed E-state index contributed by atoms with van der Waals surface area (Å²) in [6.07, 6.45) is 0.675. The molecule has 0 aliphatic heterocycles. The molecule has 2 heterocycles. The summed E-state index contributed by atoms with van der Waals surface area (Å²) >= 11 is 0. The Morgan fingerprint density at radius 3 is 2.42 bits per heavy atom. The van der Waals surface area contributed by atoms with Crippen LogP contribution in [0.15, 0.2) is 54.6 Å². The Morgan fingerprint density at radius 2 is 1.76 bits per heavy atom. The molecular weight excluding hydrogens is 485 g/mol. The van der Waals surface area contributed by atoms with Crippen molar-refractivity contribution in [3.63, 3.8) is 0 Å². The summed E-state index contributed by atoms with van der Waals surface area (Å²) in [6.45, 7) is 11.3. The third-order valence-electron chi connectivity index (χ3n) is 5.99. The van der Waals surface area contributed by atoms with E-state index in [9.17, 15) is 9.18 Å². The smallest absolute Gasteiger partial charge is 0.233 e. The number of hydrogen-bond acceptors (Lipinski definition) is 7.